The molecule has 3 rings (SSSR count). The minimum Gasteiger partial charge on any atom is -0.360 e. The number of hydrogen-bond donors (Lipinski definition) is 3. The van der Waals surface area contributed by atoms with Crippen molar-refractivity contribution in [3.05, 3.63) is 65.2 Å². The maximum Gasteiger partial charge on any atom is 0.239 e. The number of hydrogen-bond acceptors (Lipinski definition) is 3. The number of anilines is 1. The Hall–Kier alpha value is -3.02. The van der Waals surface area contributed by atoms with Gasteiger partial charge in [0, 0.05) is 31.9 Å². The summed E-state index contributed by atoms with van der Waals surface area (Å²) in [5.74, 6) is 0.884. The van der Waals surface area contributed by atoms with E-state index in [4.69, 9.17) is 0 Å². The molecule has 148 valence electrons. The SMILES string of the molecule is CCNC(=NCc1ccc(N2CCNC(=O)C2)cc1)NCc1ccc(C)cc1. The third-order valence-corrected chi connectivity index (χ3v) is 4.68. The molecular weight excluding hydrogens is 350 g/mol. The van der Waals surface area contributed by atoms with E-state index < -0.39 is 0 Å². The zero-order valence-electron chi connectivity index (χ0n) is 16.7. The van der Waals surface area contributed by atoms with Gasteiger partial charge in [-0.15, -0.1) is 0 Å². The topological polar surface area (TPSA) is 68.8 Å². The molecule has 6 nitrogen and oxygen atoms in total. The second kappa shape index (κ2) is 9.78. The standard InChI is InChI=1S/C22H29N5O/c1-3-23-22(25-14-18-6-4-17(2)5-7-18)26-15-19-8-10-20(11-9-19)27-13-12-24-21(28)16-27/h4-11H,3,12-16H2,1-2H3,(H,24,28)(H2,23,25,26). The highest BCUT2D eigenvalue weighted by Gasteiger charge is 2.16. The summed E-state index contributed by atoms with van der Waals surface area (Å²) in [5.41, 5.74) is 4.70. The Morgan fingerprint density at radius 3 is 2.46 bits per heavy atom. The summed E-state index contributed by atoms with van der Waals surface area (Å²) < 4.78 is 0. The molecule has 1 saturated heterocycles. The molecule has 0 unspecified atom stereocenters. The monoisotopic (exact) mass is 379 g/mol. The molecule has 0 atom stereocenters. The average Bonchev–Trinajstić information content (AvgIpc) is 2.72. The molecule has 6 heteroatoms. The average molecular weight is 380 g/mol. The van der Waals surface area contributed by atoms with E-state index in [0.717, 1.165) is 36.8 Å². The first-order valence-corrected chi connectivity index (χ1v) is 9.82. The number of aliphatic imine (C=N–C) groups is 1. The zero-order valence-corrected chi connectivity index (χ0v) is 16.7. The van der Waals surface area contributed by atoms with E-state index in [9.17, 15) is 4.79 Å². The number of nitrogens with one attached hydrogen (secondary N) is 3. The fraction of sp³-hybridized carbons (Fsp3) is 0.364. The van der Waals surface area contributed by atoms with Crippen LogP contribution in [-0.2, 0) is 17.9 Å². The van der Waals surface area contributed by atoms with Gasteiger partial charge < -0.3 is 20.9 Å². The molecule has 0 aromatic heterocycles. The predicted molar refractivity (Wildman–Crippen MR) is 114 cm³/mol. The lowest BCUT2D eigenvalue weighted by Gasteiger charge is -2.28. The maximum absolute atomic E-state index is 11.5. The lowest BCUT2D eigenvalue weighted by molar-refractivity contribution is -0.120. The van der Waals surface area contributed by atoms with Crippen LogP contribution >= 0.6 is 0 Å². The van der Waals surface area contributed by atoms with Crippen LogP contribution in [-0.4, -0.2) is 38.0 Å². The van der Waals surface area contributed by atoms with Gasteiger partial charge in [0.1, 0.15) is 0 Å². The van der Waals surface area contributed by atoms with E-state index >= 15 is 0 Å². The van der Waals surface area contributed by atoms with E-state index in [1.54, 1.807) is 0 Å². The zero-order chi connectivity index (χ0) is 19.8. The second-order valence-electron chi connectivity index (χ2n) is 6.97. The summed E-state index contributed by atoms with van der Waals surface area (Å²) in [7, 11) is 0. The molecule has 0 aliphatic carbocycles. The number of amides is 1. The van der Waals surface area contributed by atoms with Gasteiger partial charge in [0.05, 0.1) is 13.1 Å². The van der Waals surface area contributed by atoms with Crippen LogP contribution in [0.1, 0.15) is 23.6 Å². The predicted octanol–water partition coefficient (Wildman–Crippen LogP) is 2.19. The smallest absolute Gasteiger partial charge is 0.239 e. The number of guanidine groups is 1. The van der Waals surface area contributed by atoms with Crippen molar-refractivity contribution in [1.29, 1.82) is 0 Å². The maximum atomic E-state index is 11.5. The molecule has 1 fully saturated rings. The van der Waals surface area contributed by atoms with Crippen molar-refractivity contribution in [1.82, 2.24) is 16.0 Å². The van der Waals surface area contributed by atoms with Crippen molar-refractivity contribution in [2.75, 3.05) is 31.1 Å². The van der Waals surface area contributed by atoms with Gasteiger partial charge in [0.15, 0.2) is 5.96 Å². The third kappa shape index (κ3) is 5.74. The summed E-state index contributed by atoms with van der Waals surface area (Å²) >= 11 is 0. The van der Waals surface area contributed by atoms with Gasteiger partial charge >= 0.3 is 0 Å². The van der Waals surface area contributed by atoms with Crippen molar-refractivity contribution >= 4 is 17.6 Å². The quantitative estimate of drug-likeness (QED) is 0.532. The lowest BCUT2D eigenvalue weighted by atomic mass is 10.1. The third-order valence-electron chi connectivity index (χ3n) is 4.68. The first-order chi connectivity index (χ1) is 13.6. The van der Waals surface area contributed by atoms with E-state index in [0.29, 0.717) is 19.6 Å². The Labute approximate surface area is 167 Å². The highest BCUT2D eigenvalue weighted by atomic mass is 16.2. The van der Waals surface area contributed by atoms with Gasteiger partial charge in [0.25, 0.3) is 0 Å². The number of benzene rings is 2. The van der Waals surface area contributed by atoms with Crippen LogP contribution in [0.5, 0.6) is 0 Å². The summed E-state index contributed by atoms with van der Waals surface area (Å²) in [6.07, 6.45) is 0. The van der Waals surface area contributed by atoms with Crippen molar-refractivity contribution in [3.63, 3.8) is 0 Å². The minimum atomic E-state index is 0.0786. The number of carbonyl (C=O) groups excluding carboxylic acids is 1. The lowest BCUT2D eigenvalue weighted by Crippen LogP contribution is -2.47. The van der Waals surface area contributed by atoms with Crippen LogP contribution in [0.15, 0.2) is 53.5 Å². The Balaban J connectivity index is 1.57. The van der Waals surface area contributed by atoms with E-state index in [2.05, 4.69) is 88.2 Å². The number of piperazine rings is 1. The molecule has 3 N–H and O–H groups in total. The molecule has 1 aliphatic heterocycles. The molecule has 0 bridgehead atoms. The molecule has 1 heterocycles. The first kappa shape index (κ1) is 19.7. The summed E-state index contributed by atoms with van der Waals surface area (Å²) in [6, 6.07) is 16.8. The summed E-state index contributed by atoms with van der Waals surface area (Å²) in [4.78, 5) is 18.3. The van der Waals surface area contributed by atoms with Gasteiger partial charge in [-0.25, -0.2) is 4.99 Å². The van der Waals surface area contributed by atoms with Gasteiger partial charge in [-0.1, -0.05) is 42.0 Å². The highest BCUT2D eigenvalue weighted by molar-refractivity contribution is 5.82. The van der Waals surface area contributed by atoms with Crippen LogP contribution < -0.4 is 20.9 Å². The molecule has 0 spiro atoms. The van der Waals surface area contributed by atoms with E-state index in [1.165, 1.54) is 11.1 Å². The first-order valence-electron chi connectivity index (χ1n) is 9.82. The fourth-order valence-corrected chi connectivity index (χ4v) is 3.07. The Kier molecular flexibility index (Phi) is 6.89. The van der Waals surface area contributed by atoms with Crippen LogP contribution in [0, 0.1) is 6.92 Å². The number of carbonyl (C=O) groups is 1. The van der Waals surface area contributed by atoms with E-state index in [-0.39, 0.29) is 5.91 Å². The van der Waals surface area contributed by atoms with Gasteiger partial charge in [-0.2, -0.15) is 0 Å². The molecule has 1 aliphatic rings. The van der Waals surface area contributed by atoms with Crippen LogP contribution in [0.2, 0.25) is 0 Å². The van der Waals surface area contributed by atoms with Gasteiger partial charge in [-0.3, -0.25) is 4.79 Å². The number of rotatable bonds is 6. The minimum absolute atomic E-state index is 0.0786. The van der Waals surface area contributed by atoms with Crippen molar-refractivity contribution < 1.29 is 4.79 Å². The molecule has 0 saturated carbocycles. The van der Waals surface area contributed by atoms with Crippen molar-refractivity contribution in [2.24, 2.45) is 4.99 Å². The molecule has 1 amide bonds. The van der Waals surface area contributed by atoms with Crippen molar-refractivity contribution in [3.8, 4) is 0 Å². The van der Waals surface area contributed by atoms with Crippen LogP contribution in [0.3, 0.4) is 0 Å². The summed E-state index contributed by atoms with van der Waals surface area (Å²) in [6.45, 7) is 8.27. The Morgan fingerprint density at radius 2 is 1.79 bits per heavy atom. The largest absolute Gasteiger partial charge is 0.360 e. The van der Waals surface area contributed by atoms with Gasteiger partial charge in [-0.05, 0) is 37.1 Å². The van der Waals surface area contributed by atoms with Crippen molar-refractivity contribution in [2.45, 2.75) is 26.9 Å². The van der Waals surface area contributed by atoms with Crippen LogP contribution in [0.4, 0.5) is 5.69 Å². The highest BCUT2D eigenvalue weighted by Crippen LogP contribution is 2.16. The second-order valence-corrected chi connectivity index (χ2v) is 6.97. The fourth-order valence-electron chi connectivity index (χ4n) is 3.07. The number of nitrogens with zero attached hydrogens (tertiary/aromatic N) is 2. The molecular formula is C22H29N5O. The molecule has 2 aromatic carbocycles. The normalized spacial score (nSPS) is 14.6. The summed E-state index contributed by atoms with van der Waals surface area (Å²) in [5, 5.41) is 9.52. The van der Waals surface area contributed by atoms with Crippen LogP contribution in [0.25, 0.3) is 0 Å². The molecule has 28 heavy (non-hydrogen) atoms. The number of aryl methyl sites for hydroxylation is 1. The van der Waals surface area contributed by atoms with E-state index in [1.807, 2.05) is 0 Å². The molecule has 0 radical (unpaired) electrons. The molecule has 2 aromatic rings. The Morgan fingerprint density at radius 1 is 1.07 bits per heavy atom. The Bertz CT molecular complexity index is 799. The van der Waals surface area contributed by atoms with Gasteiger partial charge in [0.2, 0.25) is 5.91 Å².